The van der Waals surface area contributed by atoms with E-state index in [4.69, 9.17) is 0 Å². The van der Waals surface area contributed by atoms with E-state index in [9.17, 15) is 18.0 Å². The van der Waals surface area contributed by atoms with Gasteiger partial charge in [0.1, 0.15) is 0 Å². The van der Waals surface area contributed by atoms with Crippen molar-refractivity contribution in [1.29, 1.82) is 0 Å². The van der Waals surface area contributed by atoms with Gasteiger partial charge in [-0.1, -0.05) is 30.3 Å². The maximum atomic E-state index is 12.8. The first-order valence-corrected chi connectivity index (χ1v) is 12.3. The summed E-state index contributed by atoms with van der Waals surface area (Å²) >= 11 is 0. The molecule has 3 aromatic rings. The lowest BCUT2D eigenvalue weighted by molar-refractivity contribution is -0.116. The molecule has 0 unspecified atom stereocenters. The average molecular weight is 464 g/mol. The van der Waals surface area contributed by atoms with Crippen molar-refractivity contribution in [3.63, 3.8) is 0 Å². The van der Waals surface area contributed by atoms with Gasteiger partial charge in [0.05, 0.1) is 4.90 Å². The van der Waals surface area contributed by atoms with Crippen molar-refractivity contribution in [2.75, 3.05) is 5.32 Å². The Balaban J connectivity index is 1.36. The van der Waals surface area contributed by atoms with Crippen LogP contribution in [-0.4, -0.2) is 25.1 Å². The van der Waals surface area contributed by atoms with Gasteiger partial charge >= 0.3 is 0 Å². The Hall–Kier alpha value is -3.36. The van der Waals surface area contributed by atoms with Crippen LogP contribution in [0, 0.1) is 0 Å². The zero-order valence-corrected chi connectivity index (χ0v) is 18.9. The van der Waals surface area contributed by atoms with Crippen LogP contribution in [0.5, 0.6) is 0 Å². The van der Waals surface area contributed by atoms with E-state index in [2.05, 4.69) is 15.0 Å². The van der Waals surface area contributed by atoms with Crippen LogP contribution >= 0.6 is 0 Å². The smallest absolute Gasteiger partial charge is 0.240 e. The molecule has 0 saturated carbocycles. The van der Waals surface area contributed by atoms with Gasteiger partial charge in [0.15, 0.2) is 5.78 Å². The predicted octanol–water partition coefficient (Wildman–Crippen LogP) is 3.65. The molecule has 33 heavy (non-hydrogen) atoms. The number of Topliss-reactive ketones (excluding diaryl/α,β-unsaturated/α-hetero) is 1. The highest BCUT2D eigenvalue weighted by molar-refractivity contribution is 7.89. The molecule has 0 saturated heterocycles. The van der Waals surface area contributed by atoms with Crippen LogP contribution in [0.4, 0.5) is 5.69 Å². The molecule has 2 heterocycles. The largest absolute Gasteiger partial charge is 0.326 e. The van der Waals surface area contributed by atoms with Crippen LogP contribution in [0.3, 0.4) is 0 Å². The molecule has 1 aliphatic heterocycles. The van der Waals surface area contributed by atoms with Gasteiger partial charge in [-0.25, -0.2) is 13.1 Å². The summed E-state index contributed by atoms with van der Waals surface area (Å²) in [4.78, 5) is 28.3. The Morgan fingerprint density at radius 3 is 2.61 bits per heavy atom. The Kier molecular flexibility index (Phi) is 6.96. The van der Waals surface area contributed by atoms with E-state index in [0.717, 1.165) is 16.7 Å². The molecule has 0 atom stereocenters. The number of aromatic nitrogens is 1. The number of nitrogens with zero attached hydrogens (tertiary/aromatic N) is 1. The van der Waals surface area contributed by atoms with Gasteiger partial charge < -0.3 is 5.32 Å². The summed E-state index contributed by atoms with van der Waals surface area (Å²) in [5.74, 6) is -0.0236. The van der Waals surface area contributed by atoms with Gasteiger partial charge in [-0.05, 0) is 60.2 Å². The number of hydrogen-bond donors (Lipinski definition) is 2. The normalized spacial score (nSPS) is 13.6. The lowest BCUT2D eigenvalue weighted by atomic mass is 10.0. The first kappa shape index (κ1) is 22.8. The fourth-order valence-electron chi connectivity index (χ4n) is 3.74. The predicted molar refractivity (Wildman–Crippen MR) is 125 cm³/mol. The number of rotatable bonds is 8. The quantitative estimate of drug-likeness (QED) is 0.496. The van der Waals surface area contributed by atoms with Crippen molar-refractivity contribution in [2.24, 2.45) is 0 Å². The highest BCUT2D eigenvalue weighted by Gasteiger charge is 2.19. The SMILES string of the molecule is O=C1CCCc2cc(S(=O)(=O)NCc3ccc(C(=O)CCc4cccnc4)cc3)ccc2N1. The standard InChI is InChI=1S/C25H25N3O4S/c29-24(13-8-18-3-2-14-26-16-18)20-9-6-19(7-10-20)17-27-33(31,32)22-11-12-23-21(15-22)4-1-5-25(30)28-23/h2-3,6-7,9-12,14-16,27H,1,4-5,8,13,17H2,(H,28,30). The van der Waals surface area contributed by atoms with Crippen LogP contribution in [0.2, 0.25) is 0 Å². The number of fused-ring (bicyclic) bond motifs is 1. The van der Waals surface area contributed by atoms with Crippen LogP contribution in [-0.2, 0) is 34.2 Å². The summed E-state index contributed by atoms with van der Waals surface area (Å²) in [7, 11) is -3.72. The van der Waals surface area contributed by atoms with E-state index in [1.165, 1.54) is 6.07 Å². The zero-order valence-electron chi connectivity index (χ0n) is 18.1. The number of sulfonamides is 1. The molecule has 1 amide bonds. The molecule has 0 fully saturated rings. The first-order chi connectivity index (χ1) is 15.9. The average Bonchev–Trinajstić information content (AvgIpc) is 3.02. The summed E-state index contributed by atoms with van der Waals surface area (Å²) in [6, 6.07) is 15.5. The molecule has 0 spiro atoms. The molecular formula is C25H25N3O4S. The van der Waals surface area contributed by atoms with Gasteiger partial charge in [-0.2, -0.15) is 0 Å². The van der Waals surface area contributed by atoms with Gasteiger partial charge in [-0.3, -0.25) is 14.6 Å². The molecule has 8 heteroatoms. The number of carbonyl (C=O) groups is 2. The Morgan fingerprint density at radius 1 is 1.03 bits per heavy atom. The van der Waals surface area contributed by atoms with Crippen LogP contribution in [0.1, 0.15) is 46.3 Å². The maximum Gasteiger partial charge on any atom is 0.240 e. The highest BCUT2D eigenvalue weighted by atomic mass is 32.2. The van der Waals surface area contributed by atoms with E-state index in [1.807, 2.05) is 12.1 Å². The van der Waals surface area contributed by atoms with Crippen LogP contribution < -0.4 is 10.0 Å². The van der Waals surface area contributed by atoms with Gasteiger partial charge in [0.2, 0.25) is 15.9 Å². The zero-order chi connectivity index (χ0) is 23.3. The lowest BCUT2D eigenvalue weighted by Gasteiger charge is -2.11. The Bertz CT molecular complexity index is 1260. The molecule has 0 aliphatic carbocycles. The maximum absolute atomic E-state index is 12.8. The summed E-state index contributed by atoms with van der Waals surface area (Å²) in [5.41, 5.74) is 3.85. The number of pyridine rings is 1. The molecule has 1 aromatic heterocycles. The van der Waals surface area contributed by atoms with Crippen molar-refractivity contribution in [3.05, 3.63) is 89.2 Å². The van der Waals surface area contributed by atoms with Crippen molar-refractivity contribution >= 4 is 27.4 Å². The summed E-state index contributed by atoms with van der Waals surface area (Å²) in [5, 5.41) is 2.81. The van der Waals surface area contributed by atoms with Gasteiger partial charge in [-0.15, -0.1) is 0 Å². The topological polar surface area (TPSA) is 105 Å². The highest BCUT2D eigenvalue weighted by Crippen LogP contribution is 2.25. The molecule has 0 bridgehead atoms. The summed E-state index contributed by atoms with van der Waals surface area (Å²) < 4.78 is 28.2. The number of anilines is 1. The monoisotopic (exact) mass is 463 g/mol. The number of aryl methyl sites for hydroxylation is 2. The van der Waals surface area contributed by atoms with Crippen molar-refractivity contribution in [2.45, 2.75) is 43.5 Å². The molecule has 0 radical (unpaired) electrons. The van der Waals surface area contributed by atoms with E-state index >= 15 is 0 Å². The summed E-state index contributed by atoms with van der Waals surface area (Å²) in [6.07, 6.45) is 6.22. The molecule has 2 aromatic carbocycles. The van der Waals surface area contributed by atoms with Crippen molar-refractivity contribution in [3.8, 4) is 0 Å². The van der Waals surface area contributed by atoms with E-state index in [1.54, 1.807) is 48.8 Å². The minimum Gasteiger partial charge on any atom is -0.326 e. The van der Waals surface area contributed by atoms with E-state index in [0.29, 0.717) is 43.4 Å². The molecule has 2 N–H and O–H groups in total. The van der Waals surface area contributed by atoms with Crippen LogP contribution in [0.15, 0.2) is 71.9 Å². The first-order valence-electron chi connectivity index (χ1n) is 10.8. The number of carbonyl (C=O) groups excluding carboxylic acids is 2. The second-order valence-corrected chi connectivity index (χ2v) is 9.79. The second-order valence-electron chi connectivity index (χ2n) is 8.03. The third-order valence-electron chi connectivity index (χ3n) is 5.62. The molecule has 4 rings (SSSR count). The number of nitrogens with one attached hydrogen (secondary N) is 2. The second kappa shape index (κ2) is 10.1. The number of hydrogen-bond acceptors (Lipinski definition) is 5. The fraction of sp³-hybridized carbons (Fsp3) is 0.240. The number of amides is 1. The lowest BCUT2D eigenvalue weighted by Crippen LogP contribution is -2.23. The molecule has 170 valence electrons. The fourth-order valence-corrected chi connectivity index (χ4v) is 4.80. The third-order valence-corrected chi connectivity index (χ3v) is 7.02. The number of benzene rings is 2. The Morgan fingerprint density at radius 2 is 1.85 bits per heavy atom. The van der Waals surface area contributed by atoms with Crippen molar-refractivity contribution < 1.29 is 18.0 Å². The Labute approximate surface area is 193 Å². The minimum atomic E-state index is -3.72. The molecule has 7 nitrogen and oxygen atoms in total. The van der Waals surface area contributed by atoms with E-state index in [-0.39, 0.29) is 23.1 Å². The third kappa shape index (κ3) is 5.91. The number of ketones is 1. The van der Waals surface area contributed by atoms with Crippen LogP contribution in [0.25, 0.3) is 0 Å². The summed E-state index contributed by atoms with van der Waals surface area (Å²) in [6.45, 7) is 0.111. The van der Waals surface area contributed by atoms with Gasteiger partial charge in [0.25, 0.3) is 0 Å². The van der Waals surface area contributed by atoms with Crippen molar-refractivity contribution in [1.82, 2.24) is 9.71 Å². The van der Waals surface area contributed by atoms with E-state index < -0.39 is 10.0 Å². The minimum absolute atomic E-state index is 0.0306. The molecule has 1 aliphatic rings. The van der Waals surface area contributed by atoms with Gasteiger partial charge in [0, 0.05) is 43.0 Å². The molecular weight excluding hydrogens is 438 g/mol.